The molecule has 0 saturated carbocycles. The number of nitrogens with one attached hydrogen (secondary N) is 1. The summed E-state index contributed by atoms with van der Waals surface area (Å²) in [6.07, 6.45) is 1.60. The predicted octanol–water partition coefficient (Wildman–Crippen LogP) is 2.08. The molecule has 3 rings (SSSR count). The smallest absolute Gasteiger partial charge is 0.107 e. The minimum Gasteiger partial charge on any atom is -0.384 e. The third-order valence-electron chi connectivity index (χ3n) is 3.85. The first-order valence-corrected chi connectivity index (χ1v) is 6.17. The van der Waals surface area contributed by atoms with E-state index in [4.69, 9.17) is 0 Å². The lowest BCUT2D eigenvalue weighted by molar-refractivity contribution is -0.0232. The molecule has 90 valence electrons. The number of fused-ring (bicyclic) bond motifs is 1. The number of para-hydroxylation sites is 1. The Hall–Kier alpha value is -1.32. The van der Waals surface area contributed by atoms with Crippen LogP contribution in [0.4, 0.5) is 0 Å². The van der Waals surface area contributed by atoms with Gasteiger partial charge in [0.25, 0.3) is 0 Å². The van der Waals surface area contributed by atoms with E-state index in [0.29, 0.717) is 0 Å². The van der Waals surface area contributed by atoms with Crippen LogP contribution in [0.15, 0.2) is 30.3 Å². The number of likely N-dealkylation sites (tertiary alicyclic amines) is 1. The molecule has 0 bridgehead atoms. The molecule has 2 heterocycles. The maximum atomic E-state index is 10.7. The lowest BCUT2D eigenvalue weighted by atomic mass is 9.88. The molecule has 1 aliphatic heterocycles. The molecule has 3 nitrogen and oxygen atoms in total. The summed E-state index contributed by atoms with van der Waals surface area (Å²) in [5, 5.41) is 11.9. The number of aromatic nitrogens is 1. The van der Waals surface area contributed by atoms with E-state index in [1.165, 1.54) is 5.39 Å². The number of aromatic amines is 1. The molecule has 0 amide bonds. The maximum absolute atomic E-state index is 10.7. The van der Waals surface area contributed by atoms with Gasteiger partial charge >= 0.3 is 0 Å². The minimum atomic E-state index is -0.675. The summed E-state index contributed by atoms with van der Waals surface area (Å²) < 4.78 is 0. The van der Waals surface area contributed by atoms with Gasteiger partial charge in [-0.3, -0.25) is 0 Å². The molecule has 0 spiro atoms. The number of H-pyrrole nitrogens is 1. The molecular weight excluding hydrogens is 212 g/mol. The summed E-state index contributed by atoms with van der Waals surface area (Å²) in [5.74, 6) is 0. The minimum absolute atomic E-state index is 0.675. The lowest BCUT2D eigenvalue weighted by Gasteiger charge is -2.35. The lowest BCUT2D eigenvalue weighted by Crippen LogP contribution is -2.40. The van der Waals surface area contributed by atoms with E-state index in [-0.39, 0.29) is 0 Å². The van der Waals surface area contributed by atoms with Crippen molar-refractivity contribution in [2.24, 2.45) is 0 Å². The quantitative estimate of drug-likeness (QED) is 0.787. The summed E-state index contributed by atoms with van der Waals surface area (Å²) in [6, 6.07) is 10.3. The fraction of sp³-hybridized carbons (Fsp3) is 0.429. The number of rotatable bonds is 1. The van der Waals surface area contributed by atoms with Gasteiger partial charge in [0, 0.05) is 24.3 Å². The van der Waals surface area contributed by atoms with Crippen LogP contribution in [0.2, 0.25) is 0 Å². The summed E-state index contributed by atoms with van der Waals surface area (Å²) in [4.78, 5) is 5.61. The highest BCUT2D eigenvalue weighted by atomic mass is 16.3. The molecule has 1 saturated heterocycles. The van der Waals surface area contributed by atoms with E-state index in [0.717, 1.165) is 37.1 Å². The number of aliphatic hydroxyl groups is 1. The molecule has 0 atom stereocenters. The highest BCUT2D eigenvalue weighted by Crippen LogP contribution is 2.33. The van der Waals surface area contributed by atoms with Crippen molar-refractivity contribution < 1.29 is 5.11 Å². The Bertz CT molecular complexity index is 491. The molecule has 3 heteroatoms. The third-order valence-corrected chi connectivity index (χ3v) is 3.85. The van der Waals surface area contributed by atoms with Crippen LogP contribution < -0.4 is 0 Å². The van der Waals surface area contributed by atoms with Gasteiger partial charge in [-0.05, 0) is 37.4 Å². The molecule has 2 N–H and O–H groups in total. The van der Waals surface area contributed by atoms with Gasteiger partial charge in [0.05, 0.1) is 0 Å². The normalized spacial score (nSPS) is 20.8. The number of piperidine rings is 1. The van der Waals surface area contributed by atoms with E-state index in [1.807, 2.05) is 12.1 Å². The van der Waals surface area contributed by atoms with Crippen molar-refractivity contribution in [3.8, 4) is 0 Å². The van der Waals surface area contributed by atoms with Crippen LogP contribution in [-0.4, -0.2) is 35.1 Å². The van der Waals surface area contributed by atoms with Gasteiger partial charge in [-0.2, -0.15) is 0 Å². The molecule has 0 unspecified atom stereocenters. The molecule has 2 aromatic rings. The Morgan fingerprint density at radius 2 is 1.94 bits per heavy atom. The van der Waals surface area contributed by atoms with E-state index < -0.39 is 5.60 Å². The van der Waals surface area contributed by atoms with E-state index in [2.05, 4.69) is 35.1 Å². The first kappa shape index (κ1) is 10.8. The fourth-order valence-electron chi connectivity index (χ4n) is 2.58. The maximum Gasteiger partial charge on any atom is 0.107 e. The molecule has 0 aliphatic carbocycles. The van der Waals surface area contributed by atoms with Crippen molar-refractivity contribution in [1.29, 1.82) is 0 Å². The van der Waals surface area contributed by atoms with Gasteiger partial charge in [0.2, 0.25) is 0 Å². The Labute approximate surface area is 101 Å². The summed E-state index contributed by atoms with van der Waals surface area (Å²) >= 11 is 0. The molecule has 1 aromatic carbocycles. The zero-order valence-corrected chi connectivity index (χ0v) is 10.1. The second kappa shape index (κ2) is 3.86. The van der Waals surface area contributed by atoms with Crippen molar-refractivity contribution >= 4 is 10.9 Å². The third kappa shape index (κ3) is 1.85. The van der Waals surface area contributed by atoms with Crippen LogP contribution >= 0.6 is 0 Å². The summed E-state index contributed by atoms with van der Waals surface area (Å²) in [6.45, 7) is 1.90. The summed E-state index contributed by atoms with van der Waals surface area (Å²) in [7, 11) is 2.10. The Kier molecular flexibility index (Phi) is 2.45. The van der Waals surface area contributed by atoms with Crippen molar-refractivity contribution in [2.45, 2.75) is 18.4 Å². The number of nitrogens with zero attached hydrogens (tertiary/aromatic N) is 1. The van der Waals surface area contributed by atoms with Crippen molar-refractivity contribution in [1.82, 2.24) is 9.88 Å². The van der Waals surface area contributed by atoms with Gasteiger partial charge in [0.1, 0.15) is 5.60 Å². The van der Waals surface area contributed by atoms with E-state index >= 15 is 0 Å². The Morgan fingerprint density at radius 3 is 2.65 bits per heavy atom. The van der Waals surface area contributed by atoms with Gasteiger partial charge in [0.15, 0.2) is 0 Å². The van der Waals surface area contributed by atoms with Crippen molar-refractivity contribution in [2.75, 3.05) is 20.1 Å². The van der Waals surface area contributed by atoms with Gasteiger partial charge < -0.3 is 15.0 Å². The SMILES string of the molecule is CN1CCC(O)(c2cc3ccccc3[nH]2)CC1. The zero-order chi connectivity index (χ0) is 11.9. The van der Waals surface area contributed by atoms with Crippen molar-refractivity contribution in [3.63, 3.8) is 0 Å². The number of hydrogen-bond donors (Lipinski definition) is 2. The topological polar surface area (TPSA) is 39.3 Å². The molecule has 1 aromatic heterocycles. The Morgan fingerprint density at radius 1 is 1.24 bits per heavy atom. The van der Waals surface area contributed by atoms with Crippen LogP contribution in [0.3, 0.4) is 0 Å². The van der Waals surface area contributed by atoms with Crippen LogP contribution in [-0.2, 0) is 5.60 Å². The van der Waals surface area contributed by atoms with Crippen LogP contribution in [0.25, 0.3) is 10.9 Å². The van der Waals surface area contributed by atoms with Crippen LogP contribution in [0, 0.1) is 0 Å². The van der Waals surface area contributed by atoms with E-state index in [9.17, 15) is 5.11 Å². The standard InChI is InChI=1S/C14H18N2O/c1-16-8-6-14(17,7-9-16)13-10-11-4-2-3-5-12(11)15-13/h2-5,10,15,17H,6-9H2,1H3. The molecule has 1 fully saturated rings. The highest BCUT2D eigenvalue weighted by molar-refractivity contribution is 5.80. The first-order valence-electron chi connectivity index (χ1n) is 6.17. The fourth-order valence-corrected chi connectivity index (χ4v) is 2.58. The van der Waals surface area contributed by atoms with Gasteiger partial charge in [-0.1, -0.05) is 18.2 Å². The average molecular weight is 230 g/mol. The largest absolute Gasteiger partial charge is 0.384 e. The molecule has 17 heavy (non-hydrogen) atoms. The number of benzene rings is 1. The second-order valence-corrected chi connectivity index (χ2v) is 5.11. The molecular formula is C14H18N2O. The zero-order valence-electron chi connectivity index (χ0n) is 10.1. The molecule has 0 radical (unpaired) electrons. The van der Waals surface area contributed by atoms with Crippen LogP contribution in [0.5, 0.6) is 0 Å². The van der Waals surface area contributed by atoms with Gasteiger partial charge in [-0.25, -0.2) is 0 Å². The average Bonchev–Trinajstić information content (AvgIpc) is 2.77. The second-order valence-electron chi connectivity index (χ2n) is 5.11. The Balaban J connectivity index is 1.97. The predicted molar refractivity (Wildman–Crippen MR) is 68.9 cm³/mol. The highest BCUT2D eigenvalue weighted by Gasteiger charge is 2.34. The molecule has 1 aliphatic rings. The van der Waals surface area contributed by atoms with Crippen LogP contribution in [0.1, 0.15) is 18.5 Å². The van der Waals surface area contributed by atoms with Gasteiger partial charge in [-0.15, -0.1) is 0 Å². The monoisotopic (exact) mass is 230 g/mol. The number of hydrogen-bond acceptors (Lipinski definition) is 2. The summed E-state index contributed by atoms with van der Waals surface area (Å²) in [5.41, 5.74) is 1.40. The first-order chi connectivity index (χ1) is 8.17. The van der Waals surface area contributed by atoms with Crippen molar-refractivity contribution in [3.05, 3.63) is 36.0 Å². The van der Waals surface area contributed by atoms with E-state index in [1.54, 1.807) is 0 Å².